The fraction of sp³-hybridized carbons (Fsp3) is 1.00. The Morgan fingerprint density at radius 1 is 1.16 bits per heavy atom. The molecule has 0 spiro atoms. The highest BCUT2D eigenvalue weighted by Gasteiger charge is 2.35. The maximum Gasteiger partial charge on any atom is 0.0218 e. The van der Waals surface area contributed by atoms with Crippen molar-refractivity contribution in [3.63, 3.8) is 0 Å². The number of nitrogens with zero attached hydrogens (tertiary/aromatic N) is 2. The average Bonchev–Trinajstić information content (AvgIpc) is 2.42. The lowest BCUT2D eigenvalue weighted by atomic mass is 9.73. The maximum absolute atomic E-state index is 3.46. The van der Waals surface area contributed by atoms with Crippen molar-refractivity contribution in [1.82, 2.24) is 15.1 Å². The molecule has 0 aromatic rings. The van der Waals surface area contributed by atoms with E-state index < -0.39 is 0 Å². The Kier molecular flexibility index (Phi) is 5.67. The van der Waals surface area contributed by atoms with Crippen LogP contribution in [-0.4, -0.2) is 62.7 Å². The summed E-state index contributed by atoms with van der Waals surface area (Å²) in [6.45, 7) is 8.63. The third-order valence-corrected chi connectivity index (χ3v) is 5.36. The highest BCUT2D eigenvalue weighted by molar-refractivity contribution is 4.90. The van der Waals surface area contributed by atoms with Gasteiger partial charge in [-0.1, -0.05) is 26.2 Å². The fourth-order valence-corrected chi connectivity index (χ4v) is 4.14. The van der Waals surface area contributed by atoms with Crippen LogP contribution < -0.4 is 5.32 Å². The van der Waals surface area contributed by atoms with Crippen LogP contribution in [0.1, 0.15) is 45.4 Å². The molecule has 2 fully saturated rings. The first kappa shape index (κ1) is 15.3. The number of hydrogen-bond acceptors (Lipinski definition) is 3. The van der Waals surface area contributed by atoms with E-state index in [9.17, 15) is 0 Å². The maximum atomic E-state index is 3.46. The van der Waals surface area contributed by atoms with Crippen LogP contribution in [0.25, 0.3) is 0 Å². The second-order valence-corrected chi connectivity index (χ2v) is 6.87. The summed E-state index contributed by atoms with van der Waals surface area (Å²) >= 11 is 0. The van der Waals surface area contributed by atoms with Crippen LogP contribution in [0.2, 0.25) is 0 Å². The van der Waals surface area contributed by atoms with Gasteiger partial charge in [-0.25, -0.2) is 0 Å². The third kappa shape index (κ3) is 3.93. The van der Waals surface area contributed by atoms with Crippen LogP contribution in [-0.2, 0) is 0 Å². The molecule has 1 unspecified atom stereocenters. The van der Waals surface area contributed by atoms with Gasteiger partial charge in [0.15, 0.2) is 0 Å². The van der Waals surface area contributed by atoms with Gasteiger partial charge in [0, 0.05) is 38.8 Å². The Labute approximate surface area is 119 Å². The van der Waals surface area contributed by atoms with E-state index in [1.165, 1.54) is 71.2 Å². The van der Waals surface area contributed by atoms with E-state index in [2.05, 4.69) is 36.1 Å². The van der Waals surface area contributed by atoms with E-state index in [1.54, 1.807) is 0 Å². The Bertz CT molecular complexity index is 255. The minimum absolute atomic E-state index is 0.557. The lowest BCUT2D eigenvalue weighted by molar-refractivity contribution is 0.0414. The molecule has 2 aliphatic rings. The summed E-state index contributed by atoms with van der Waals surface area (Å²) in [6.07, 6.45) is 8.46. The molecule has 1 N–H and O–H groups in total. The zero-order valence-electron chi connectivity index (χ0n) is 13.2. The van der Waals surface area contributed by atoms with Crippen molar-refractivity contribution in [3.8, 4) is 0 Å². The molecule has 1 saturated carbocycles. The van der Waals surface area contributed by atoms with E-state index in [0.717, 1.165) is 6.04 Å². The summed E-state index contributed by atoms with van der Waals surface area (Å²) in [4.78, 5) is 5.29. The lowest BCUT2D eigenvalue weighted by Crippen LogP contribution is -2.55. The zero-order chi connectivity index (χ0) is 13.7. The molecule has 1 aliphatic heterocycles. The molecule has 112 valence electrons. The molecule has 0 amide bonds. The smallest absolute Gasteiger partial charge is 0.0218 e. The molecule has 0 aromatic carbocycles. The third-order valence-electron chi connectivity index (χ3n) is 5.36. The van der Waals surface area contributed by atoms with Crippen molar-refractivity contribution >= 4 is 0 Å². The van der Waals surface area contributed by atoms with Gasteiger partial charge < -0.3 is 10.2 Å². The largest absolute Gasteiger partial charge is 0.319 e. The number of nitrogens with one attached hydrogen (secondary N) is 1. The molecular weight excluding hydrogens is 234 g/mol. The van der Waals surface area contributed by atoms with Crippen LogP contribution in [0.15, 0.2) is 0 Å². The first-order chi connectivity index (χ1) is 9.19. The Morgan fingerprint density at radius 2 is 1.89 bits per heavy atom. The average molecular weight is 267 g/mol. The summed E-state index contributed by atoms with van der Waals surface area (Å²) in [5, 5.41) is 3.46. The van der Waals surface area contributed by atoms with Gasteiger partial charge in [-0.15, -0.1) is 0 Å². The molecule has 1 saturated heterocycles. The van der Waals surface area contributed by atoms with Crippen LogP contribution in [0.3, 0.4) is 0 Å². The van der Waals surface area contributed by atoms with E-state index in [1.807, 2.05) is 0 Å². The molecule has 1 aliphatic carbocycles. The minimum Gasteiger partial charge on any atom is -0.319 e. The van der Waals surface area contributed by atoms with Crippen LogP contribution in [0.5, 0.6) is 0 Å². The van der Waals surface area contributed by atoms with E-state index >= 15 is 0 Å². The van der Waals surface area contributed by atoms with Gasteiger partial charge in [0.1, 0.15) is 0 Å². The Hall–Kier alpha value is -0.120. The normalized spacial score (nSPS) is 29.5. The summed E-state index contributed by atoms with van der Waals surface area (Å²) < 4.78 is 0. The number of rotatable bonds is 5. The molecule has 1 atom stereocenters. The van der Waals surface area contributed by atoms with Crippen molar-refractivity contribution < 1.29 is 0 Å². The van der Waals surface area contributed by atoms with Gasteiger partial charge in [0.05, 0.1) is 0 Å². The molecule has 3 heteroatoms. The highest BCUT2D eigenvalue weighted by atomic mass is 15.3. The van der Waals surface area contributed by atoms with Gasteiger partial charge in [-0.2, -0.15) is 0 Å². The summed E-state index contributed by atoms with van der Waals surface area (Å²) in [6, 6.07) is 0.768. The molecule has 0 radical (unpaired) electrons. The second-order valence-electron chi connectivity index (χ2n) is 6.87. The quantitative estimate of drug-likeness (QED) is 0.824. The van der Waals surface area contributed by atoms with Crippen LogP contribution in [0.4, 0.5) is 0 Å². The predicted molar refractivity (Wildman–Crippen MR) is 82.6 cm³/mol. The first-order valence-electron chi connectivity index (χ1n) is 8.26. The fourth-order valence-electron chi connectivity index (χ4n) is 4.14. The molecule has 0 aromatic heterocycles. The zero-order valence-corrected chi connectivity index (χ0v) is 13.2. The lowest BCUT2D eigenvalue weighted by Gasteiger charge is -2.45. The van der Waals surface area contributed by atoms with Gasteiger partial charge in [0.2, 0.25) is 0 Å². The number of piperazine rings is 1. The number of hydrogen-bond donors (Lipinski definition) is 1. The molecular formula is C16H33N3. The minimum atomic E-state index is 0.557. The van der Waals surface area contributed by atoms with Crippen molar-refractivity contribution in [2.75, 3.05) is 46.8 Å². The van der Waals surface area contributed by atoms with Gasteiger partial charge >= 0.3 is 0 Å². The molecule has 3 nitrogen and oxygen atoms in total. The SMILES string of the molecule is CCC1CN(CC2(CNC)CCCCC2)CCN1C. The van der Waals surface area contributed by atoms with E-state index in [-0.39, 0.29) is 0 Å². The van der Waals surface area contributed by atoms with Crippen LogP contribution in [0, 0.1) is 5.41 Å². The van der Waals surface area contributed by atoms with Gasteiger partial charge in [-0.05, 0) is 38.8 Å². The molecule has 0 bridgehead atoms. The monoisotopic (exact) mass is 267 g/mol. The molecule has 2 rings (SSSR count). The van der Waals surface area contributed by atoms with E-state index in [0.29, 0.717) is 5.41 Å². The topological polar surface area (TPSA) is 18.5 Å². The Balaban J connectivity index is 1.93. The van der Waals surface area contributed by atoms with Crippen molar-refractivity contribution in [1.29, 1.82) is 0 Å². The van der Waals surface area contributed by atoms with Gasteiger partial charge in [0.25, 0.3) is 0 Å². The first-order valence-corrected chi connectivity index (χ1v) is 8.26. The summed E-state index contributed by atoms with van der Waals surface area (Å²) in [7, 11) is 4.41. The second kappa shape index (κ2) is 7.05. The van der Waals surface area contributed by atoms with Crippen LogP contribution >= 0.6 is 0 Å². The molecule has 19 heavy (non-hydrogen) atoms. The summed E-state index contributed by atoms with van der Waals surface area (Å²) in [5.74, 6) is 0. The number of likely N-dealkylation sites (N-methyl/N-ethyl adjacent to an activating group) is 1. The highest BCUT2D eigenvalue weighted by Crippen LogP contribution is 2.37. The van der Waals surface area contributed by atoms with Crippen molar-refractivity contribution in [2.45, 2.75) is 51.5 Å². The Morgan fingerprint density at radius 3 is 2.53 bits per heavy atom. The van der Waals surface area contributed by atoms with Crippen molar-refractivity contribution in [2.24, 2.45) is 5.41 Å². The summed E-state index contributed by atoms with van der Waals surface area (Å²) in [5.41, 5.74) is 0.557. The van der Waals surface area contributed by atoms with E-state index in [4.69, 9.17) is 0 Å². The molecule has 1 heterocycles. The standard InChI is InChI=1S/C16H33N3/c1-4-15-12-19(11-10-18(15)3)14-16(13-17-2)8-6-5-7-9-16/h15,17H,4-14H2,1-3H3. The predicted octanol–water partition coefficient (Wildman–Crippen LogP) is 2.18. The van der Waals surface area contributed by atoms with Crippen molar-refractivity contribution in [3.05, 3.63) is 0 Å². The van der Waals surface area contributed by atoms with Gasteiger partial charge in [-0.3, -0.25) is 4.90 Å².